The zero-order chi connectivity index (χ0) is 21.5. The summed E-state index contributed by atoms with van der Waals surface area (Å²) in [5, 5.41) is 4.10. The normalized spacial score (nSPS) is 20.6. The topological polar surface area (TPSA) is 21.3 Å². The van der Waals surface area contributed by atoms with Crippen LogP contribution in [0.1, 0.15) is 62.3 Å². The number of fused-ring (bicyclic) bond motifs is 1. The molecule has 1 N–H and O–H groups in total. The van der Waals surface area contributed by atoms with E-state index in [-0.39, 0.29) is 11.6 Å². The molecule has 0 unspecified atom stereocenters. The van der Waals surface area contributed by atoms with E-state index in [9.17, 15) is 0 Å². The lowest BCUT2D eigenvalue weighted by Crippen LogP contribution is -2.48. The number of hydrogen-bond acceptors (Lipinski definition) is 3. The number of ether oxygens (including phenoxy) is 1. The van der Waals surface area contributed by atoms with E-state index in [1.54, 1.807) is 0 Å². The lowest BCUT2D eigenvalue weighted by atomic mass is 9.88. The first-order valence-corrected chi connectivity index (χ1v) is 12.5. The summed E-state index contributed by atoms with van der Waals surface area (Å²) >= 11 is 2.01. The molecule has 1 heterocycles. The maximum atomic E-state index is 6.02. The largest absolute Gasteiger partial charge is 0.489 e. The second-order valence-electron chi connectivity index (χ2n) is 8.48. The SMILES string of the molecule is CCCC[C@]1(CC)CSc2ccccc2[C@@H](c2ccc(OCc3ccccc3)cc2)N1. The van der Waals surface area contributed by atoms with Crippen LogP contribution in [0.15, 0.2) is 83.8 Å². The number of hydrogen-bond donors (Lipinski definition) is 1. The Morgan fingerprint density at radius 2 is 1.68 bits per heavy atom. The first kappa shape index (κ1) is 22.0. The van der Waals surface area contributed by atoms with E-state index in [2.05, 4.69) is 79.8 Å². The van der Waals surface area contributed by atoms with E-state index in [0.29, 0.717) is 6.61 Å². The Kier molecular flexibility index (Phi) is 7.37. The van der Waals surface area contributed by atoms with E-state index < -0.39 is 0 Å². The first-order valence-electron chi connectivity index (χ1n) is 11.5. The Morgan fingerprint density at radius 3 is 2.42 bits per heavy atom. The summed E-state index contributed by atoms with van der Waals surface area (Å²) in [6, 6.07) is 28.1. The van der Waals surface area contributed by atoms with E-state index in [4.69, 9.17) is 4.74 Å². The van der Waals surface area contributed by atoms with Crippen LogP contribution in [0.3, 0.4) is 0 Å². The Morgan fingerprint density at radius 1 is 0.935 bits per heavy atom. The minimum Gasteiger partial charge on any atom is -0.489 e. The lowest BCUT2D eigenvalue weighted by molar-refractivity contribution is 0.296. The smallest absolute Gasteiger partial charge is 0.119 e. The van der Waals surface area contributed by atoms with Gasteiger partial charge >= 0.3 is 0 Å². The van der Waals surface area contributed by atoms with Gasteiger partial charge in [-0.2, -0.15) is 0 Å². The van der Waals surface area contributed by atoms with Gasteiger partial charge in [-0.15, -0.1) is 11.8 Å². The Labute approximate surface area is 191 Å². The van der Waals surface area contributed by atoms with Gasteiger partial charge in [0.15, 0.2) is 0 Å². The highest BCUT2D eigenvalue weighted by Gasteiger charge is 2.35. The molecule has 0 saturated carbocycles. The van der Waals surface area contributed by atoms with Crippen molar-refractivity contribution in [3.63, 3.8) is 0 Å². The van der Waals surface area contributed by atoms with Crippen LogP contribution in [-0.4, -0.2) is 11.3 Å². The van der Waals surface area contributed by atoms with Crippen LogP contribution in [0.5, 0.6) is 5.75 Å². The van der Waals surface area contributed by atoms with Crippen LogP contribution >= 0.6 is 11.8 Å². The van der Waals surface area contributed by atoms with Crippen molar-refractivity contribution >= 4 is 11.8 Å². The second-order valence-corrected chi connectivity index (χ2v) is 9.50. The Hall–Kier alpha value is -2.23. The van der Waals surface area contributed by atoms with Gasteiger partial charge < -0.3 is 4.74 Å². The minimum atomic E-state index is 0.160. The van der Waals surface area contributed by atoms with Gasteiger partial charge in [0.2, 0.25) is 0 Å². The van der Waals surface area contributed by atoms with Gasteiger partial charge in [0.05, 0.1) is 6.04 Å². The maximum Gasteiger partial charge on any atom is 0.119 e. The quantitative estimate of drug-likeness (QED) is 0.402. The molecule has 3 heteroatoms. The third-order valence-electron chi connectivity index (χ3n) is 6.33. The van der Waals surface area contributed by atoms with Crippen molar-refractivity contribution in [2.45, 2.75) is 62.6 Å². The van der Waals surface area contributed by atoms with E-state index in [0.717, 1.165) is 17.9 Å². The highest BCUT2D eigenvalue weighted by atomic mass is 32.2. The molecule has 0 bridgehead atoms. The molecule has 0 amide bonds. The summed E-state index contributed by atoms with van der Waals surface area (Å²) in [4.78, 5) is 1.40. The summed E-state index contributed by atoms with van der Waals surface area (Å²) in [7, 11) is 0. The predicted octanol–water partition coefficient (Wildman–Crippen LogP) is 7.39. The number of unbranched alkanes of at least 4 members (excludes halogenated alkanes) is 1. The van der Waals surface area contributed by atoms with Crippen molar-refractivity contribution in [2.75, 3.05) is 5.75 Å². The van der Waals surface area contributed by atoms with Gasteiger partial charge in [0.25, 0.3) is 0 Å². The zero-order valence-corrected chi connectivity index (χ0v) is 19.5. The molecule has 0 radical (unpaired) electrons. The molecular weight excluding hydrogens is 398 g/mol. The monoisotopic (exact) mass is 431 g/mol. The molecule has 0 saturated heterocycles. The van der Waals surface area contributed by atoms with Crippen molar-refractivity contribution in [3.05, 3.63) is 95.6 Å². The van der Waals surface area contributed by atoms with Gasteiger partial charge in [-0.3, -0.25) is 5.32 Å². The molecule has 1 aliphatic heterocycles. The summed E-state index contributed by atoms with van der Waals surface area (Å²) < 4.78 is 6.02. The standard InChI is InChI=1S/C28H33NOS/c1-3-5-19-28(4-2)21-31-26-14-10-9-13-25(26)27(29-28)23-15-17-24(18-16-23)30-20-22-11-7-6-8-12-22/h6-18,27,29H,3-5,19-21H2,1-2H3/t27-,28-/m1/s1. The van der Waals surface area contributed by atoms with Crippen molar-refractivity contribution < 1.29 is 4.74 Å². The molecule has 162 valence electrons. The number of rotatable bonds is 8. The van der Waals surface area contributed by atoms with Gasteiger partial charge in [0.1, 0.15) is 12.4 Å². The second kappa shape index (κ2) is 10.4. The molecule has 2 atom stereocenters. The molecule has 3 aromatic rings. The summed E-state index contributed by atoms with van der Waals surface area (Å²) in [6.07, 6.45) is 4.86. The van der Waals surface area contributed by atoms with E-state index >= 15 is 0 Å². The van der Waals surface area contributed by atoms with Crippen molar-refractivity contribution in [1.29, 1.82) is 0 Å². The molecule has 0 aliphatic carbocycles. The molecule has 3 aromatic carbocycles. The van der Waals surface area contributed by atoms with Crippen LogP contribution in [0.4, 0.5) is 0 Å². The summed E-state index contributed by atoms with van der Waals surface area (Å²) in [5.74, 6) is 2.03. The van der Waals surface area contributed by atoms with Crippen molar-refractivity contribution in [3.8, 4) is 5.75 Å². The third kappa shape index (κ3) is 5.34. The van der Waals surface area contributed by atoms with E-state index in [1.807, 2.05) is 30.0 Å². The molecule has 0 spiro atoms. The van der Waals surface area contributed by atoms with Crippen LogP contribution in [0.2, 0.25) is 0 Å². The van der Waals surface area contributed by atoms with Gasteiger partial charge in [-0.1, -0.05) is 87.4 Å². The zero-order valence-electron chi connectivity index (χ0n) is 18.6. The fourth-order valence-electron chi connectivity index (χ4n) is 4.29. The van der Waals surface area contributed by atoms with Crippen LogP contribution in [0.25, 0.3) is 0 Å². The van der Waals surface area contributed by atoms with Gasteiger partial charge in [-0.05, 0) is 47.7 Å². The average molecular weight is 432 g/mol. The Bertz CT molecular complexity index is 956. The highest BCUT2D eigenvalue weighted by molar-refractivity contribution is 7.99. The maximum absolute atomic E-state index is 6.02. The van der Waals surface area contributed by atoms with E-state index in [1.165, 1.54) is 40.8 Å². The molecule has 2 nitrogen and oxygen atoms in total. The number of thioether (sulfide) groups is 1. The lowest BCUT2D eigenvalue weighted by Gasteiger charge is -2.36. The van der Waals surface area contributed by atoms with Gasteiger partial charge in [-0.25, -0.2) is 0 Å². The fourth-order valence-corrected chi connectivity index (χ4v) is 5.68. The van der Waals surface area contributed by atoms with Crippen molar-refractivity contribution in [1.82, 2.24) is 5.32 Å². The molecule has 31 heavy (non-hydrogen) atoms. The number of nitrogens with one attached hydrogen (secondary N) is 1. The van der Waals surface area contributed by atoms with Crippen LogP contribution in [0, 0.1) is 0 Å². The number of benzene rings is 3. The predicted molar refractivity (Wildman–Crippen MR) is 132 cm³/mol. The van der Waals surface area contributed by atoms with Crippen molar-refractivity contribution in [2.24, 2.45) is 0 Å². The molecular formula is C28H33NOS. The van der Waals surface area contributed by atoms with Crippen LogP contribution in [-0.2, 0) is 6.61 Å². The minimum absolute atomic E-state index is 0.160. The summed E-state index contributed by atoms with van der Waals surface area (Å²) in [6.45, 7) is 5.21. The molecule has 1 aliphatic rings. The van der Waals surface area contributed by atoms with Gasteiger partial charge in [0, 0.05) is 16.2 Å². The fraction of sp³-hybridized carbons (Fsp3) is 0.357. The van der Waals surface area contributed by atoms with Crippen LogP contribution < -0.4 is 10.1 Å². The highest BCUT2D eigenvalue weighted by Crippen LogP contribution is 2.41. The third-order valence-corrected chi connectivity index (χ3v) is 7.71. The summed E-state index contributed by atoms with van der Waals surface area (Å²) in [5.41, 5.74) is 4.03. The molecule has 0 fully saturated rings. The Balaban J connectivity index is 1.57. The molecule has 0 aromatic heterocycles. The average Bonchev–Trinajstić information content (AvgIpc) is 3.00. The molecule has 4 rings (SSSR count). The first-order chi connectivity index (χ1) is 15.2.